The van der Waals surface area contributed by atoms with Crippen LogP contribution in [0.3, 0.4) is 0 Å². The number of anilines is 1. The number of pyridine rings is 1. The van der Waals surface area contributed by atoms with Crippen LogP contribution in [0.4, 0.5) is 5.69 Å². The minimum atomic E-state index is 0.720. The number of guanidine groups is 1. The lowest BCUT2D eigenvalue weighted by molar-refractivity contribution is 0.855. The molecule has 1 aromatic carbocycles. The van der Waals surface area contributed by atoms with Gasteiger partial charge in [0.05, 0.1) is 11.4 Å². The van der Waals surface area contributed by atoms with Gasteiger partial charge in [0.1, 0.15) is 0 Å². The molecule has 3 heterocycles. The summed E-state index contributed by atoms with van der Waals surface area (Å²) in [4.78, 5) is 8.42. The van der Waals surface area contributed by atoms with E-state index in [1.807, 2.05) is 29.2 Å². The summed E-state index contributed by atoms with van der Waals surface area (Å²) in [6, 6.07) is 10.2. The average molecular weight is 304 g/mol. The van der Waals surface area contributed by atoms with Crippen molar-refractivity contribution < 1.29 is 0 Å². The van der Waals surface area contributed by atoms with Crippen LogP contribution in [0, 0.1) is 0 Å². The number of hydrogen-bond donors (Lipinski definition) is 2. The molecular formula is C17H16N6. The van der Waals surface area contributed by atoms with Crippen molar-refractivity contribution in [2.24, 2.45) is 4.99 Å². The summed E-state index contributed by atoms with van der Waals surface area (Å²) in [7, 11) is 1.76. The van der Waals surface area contributed by atoms with Gasteiger partial charge in [0.25, 0.3) is 0 Å². The average Bonchev–Trinajstić information content (AvgIpc) is 3.15. The highest BCUT2D eigenvalue weighted by Crippen LogP contribution is 2.32. The Morgan fingerprint density at radius 3 is 2.87 bits per heavy atom. The molecule has 1 aliphatic heterocycles. The summed E-state index contributed by atoms with van der Waals surface area (Å²) >= 11 is 0. The van der Waals surface area contributed by atoms with Crippen LogP contribution in [0.5, 0.6) is 0 Å². The zero-order valence-corrected chi connectivity index (χ0v) is 12.7. The second kappa shape index (κ2) is 5.57. The van der Waals surface area contributed by atoms with Gasteiger partial charge in [-0.2, -0.15) is 5.10 Å². The zero-order valence-electron chi connectivity index (χ0n) is 12.7. The van der Waals surface area contributed by atoms with E-state index in [1.54, 1.807) is 19.4 Å². The summed E-state index contributed by atoms with van der Waals surface area (Å²) in [6.45, 7) is 0.720. The van der Waals surface area contributed by atoms with Crippen molar-refractivity contribution in [1.82, 2.24) is 20.1 Å². The number of hydrogen-bond acceptors (Lipinski definition) is 3. The number of aliphatic imine (C=N–C) groups is 1. The zero-order chi connectivity index (χ0) is 15.6. The number of aromatic nitrogens is 3. The highest BCUT2D eigenvalue weighted by Gasteiger charge is 2.19. The maximum atomic E-state index is 4.38. The smallest absolute Gasteiger partial charge is 0.195 e. The third-order valence-electron chi connectivity index (χ3n) is 3.86. The first kappa shape index (κ1) is 13.5. The van der Waals surface area contributed by atoms with Gasteiger partial charge in [0.2, 0.25) is 0 Å². The molecule has 114 valence electrons. The first-order valence-electron chi connectivity index (χ1n) is 7.40. The van der Waals surface area contributed by atoms with Crippen molar-refractivity contribution in [3.63, 3.8) is 0 Å². The monoisotopic (exact) mass is 304 g/mol. The van der Waals surface area contributed by atoms with Crippen molar-refractivity contribution in [3.8, 4) is 16.8 Å². The van der Waals surface area contributed by atoms with E-state index in [2.05, 4.69) is 43.9 Å². The number of fused-ring (bicyclic) bond motifs is 1. The topological polar surface area (TPSA) is 67.1 Å². The molecule has 3 aromatic rings. The molecule has 2 N–H and O–H groups in total. The van der Waals surface area contributed by atoms with E-state index in [9.17, 15) is 0 Å². The van der Waals surface area contributed by atoms with E-state index < -0.39 is 0 Å². The van der Waals surface area contributed by atoms with Crippen LogP contribution in [0.15, 0.2) is 60.1 Å². The van der Waals surface area contributed by atoms with Crippen LogP contribution in [0.2, 0.25) is 0 Å². The predicted molar refractivity (Wildman–Crippen MR) is 90.6 cm³/mol. The fourth-order valence-electron chi connectivity index (χ4n) is 2.74. The Morgan fingerprint density at radius 1 is 1.17 bits per heavy atom. The molecule has 4 rings (SSSR count). The Morgan fingerprint density at radius 2 is 2.13 bits per heavy atom. The molecule has 0 bridgehead atoms. The third-order valence-corrected chi connectivity index (χ3v) is 3.86. The van der Waals surface area contributed by atoms with Crippen molar-refractivity contribution in [1.29, 1.82) is 0 Å². The molecule has 0 saturated heterocycles. The molecule has 0 spiro atoms. The van der Waals surface area contributed by atoms with Gasteiger partial charge < -0.3 is 10.6 Å². The van der Waals surface area contributed by atoms with Crippen LogP contribution in [0.25, 0.3) is 16.8 Å². The van der Waals surface area contributed by atoms with Gasteiger partial charge in [0.15, 0.2) is 5.96 Å². The Bertz CT molecular complexity index is 852. The number of benzene rings is 1. The summed E-state index contributed by atoms with van der Waals surface area (Å²) in [5.74, 6) is 0.764. The van der Waals surface area contributed by atoms with Gasteiger partial charge in [0, 0.05) is 43.9 Å². The van der Waals surface area contributed by atoms with Crippen LogP contribution in [-0.2, 0) is 6.54 Å². The number of nitrogens with zero attached hydrogens (tertiary/aromatic N) is 4. The van der Waals surface area contributed by atoms with E-state index >= 15 is 0 Å². The van der Waals surface area contributed by atoms with Crippen molar-refractivity contribution in [2.45, 2.75) is 6.54 Å². The standard InChI is InChI=1S/C17H16N6/c1-18-17-20-11-14-8-13(12-4-2-5-19-10-12)9-15(16(14)22-17)23-7-3-6-21-23/h2-10H,11H2,1H3,(H2,18,20,22). The van der Waals surface area contributed by atoms with E-state index in [0.29, 0.717) is 0 Å². The van der Waals surface area contributed by atoms with Gasteiger partial charge in [-0.15, -0.1) is 0 Å². The fraction of sp³-hybridized carbons (Fsp3) is 0.118. The molecule has 0 amide bonds. The molecule has 0 atom stereocenters. The molecule has 0 fully saturated rings. The highest BCUT2D eigenvalue weighted by atomic mass is 15.3. The lowest BCUT2D eigenvalue weighted by atomic mass is 10.0. The highest BCUT2D eigenvalue weighted by molar-refractivity contribution is 5.99. The van der Waals surface area contributed by atoms with Crippen LogP contribution in [-0.4, -0.2) is 27.8 Å². The largest absolute Gasteiger partial charge is 0.352 e. The summed E-state index contributed by atoms with van der Waals surface area (Å²) in [5, 5.41) is 11.0. The normalized spacial score (nSPS) is 14.9. The van der Waals surface area contributed by atoms with Crippen molar-refractivity contribution in [3.05, 3.63) is 60.7 Å². The van der Waals surface area contributed by atoms with Gasteiger partial charge in [-0.3, -0.25) is 9.98 Å². The summed E-state index contributed by atoms with van der Waals surface area (Å²) in [5.41, 5.74) is 5.39. The van der Waals surface area contributed by atoms with E-state index in [1.165, 1.54) is 5.56 Å². The van der Waals surface area contributed by atoms with Gasteiger partial charge in [-0.25, -0.2) is 4.68 Å². The fourth-order valence-corrected chi connectivity index (χ4v) is 2.74. The molecule has 2 aromatic heterocycles. The molecule has 0 aliphatic carbocycles. The minimum absolute atomic E-state index is 0.720. The molecule has 0 radical (unpaired) electrons. The predicted octanol–water partition coefficient (Wildman–Crippen LogP) is 2.44. The van der Waals surface area contributed by atoms with Crippen LogP contribution in [0.1, 0.15) is 5.56 Å². The number of rotatable bonds is 2. The third kappa shape index (κ3) is 2.44. The van der Waals surface area contributed by atoms with Gasteiger partial charge >= 0.3 is 0 Å². The van der Waals surface area contributed by atoms with Crippen LogP contribution < -0.4 is 10.6 Å². The first-order chi connectivity index (χ1) is 11.3. The lowest BCUT2D eigenvalue weighted by Crippen LogP contribution is -2.35. The molecule has 6 heteroatoms. The minimum Gasteiger partial charge on any atom is -0.352 e. The molecule has 1 aliphatic rings. The Balaban J connectivity index is 1.91. The van der Waals surface area contributed by atoms with Crippen molar-refractivity contribution in [2.75, 3.05) is 12.4 Å². The molecule has 0 saturated carbocycles. The Labute approximate surface area is 133 Å². The van der Waals surface area contributed by atoms with E-state index in [0.717, 1.165) is 35.0 Å². The first-order valence-corrected chi connectivity index (χ1v) is 7.40. The van der Waals surface area contributed by atoms with Crippen molar-refractivity contribution >= 4 is 11.6 Å². The Hall–Kier alpha value is -3.15. The van der Waals surface area contributed by atoms with Gasteiger partial charge in [-0.05, 0) is 35.4 Å². The molecular weight excluding hydrogens is 288 g/mol. The second-order valence-electron chi connectivity index (χ2n) is 5.27. The maximum absolute atomic E-state index is 4.38. The maximum Gasteiger partial charge on any atom is 0.195 e. The second-order valence-corrected chi connectivity index (χ2v) is 5.27. The number of nitrogens with one attached hydrogen (secondary N) is 2. The molecule has 0 unspecified atom stereocenters. The van der Waals surface area contributed by atoms with Gasteiger partial charge in [-0.1, -0.05) is 6.07 Å². The van der Waals surface area contributed by atoms with E-state index in [4.69, 9.17) is 0 Å². The summed E-state index contributed by atoms with van der Waals surface area (Å²) < 4.78 is 1.87. The SMILES string of the molecule is CN=C1NCc2cc(-c3cccnc3)cc(-n3cccn3)c2N1. The molecule has 6 nitrogen and oxygen atoms in total. The quantitative estimate of drug-likeness (QED) is 0.763. The van der Waals surface area contributed by atoms with Crippen LogP contribution >= 0.6 is 0 Å². The van der Waals surface area contributed by atoms with E-state index in [-0.39, 0.29) is 0 Å². The lowest BCUT2D eigenvalue weighted by Gasteiger charge is -2.25. The Kier molecular flexibility index (Phi) is 3.27. The molecule has 23 heavy (non-hydrogen) atoms. The summed E-state index contributed by atoms with van der Waals surface area (Å²) in [6.07, 6.45) is 7.37.